The van der Waals surface area contributed by atoms with E-state index >= 15 is 0 Å². The van der Waals surface area contributed by atoms with Crippen LogP contribution in [0.25, 0.3) is 0 Å². The van der Waals surface area contributed by atoms with E-state index in [1.807, 2.05) is 0 Å². The Hall–Kier alpha value is -0.0600. The molecular formula is C13H16Br2O2. The number of hydrogen-bond acceptors (Lipinski definition) is 2. The van der Waals surface area contributed by atoms with Gasteiger partial charge < -0.3 is 9.47 Å². The molecule has 0 aromatic heterocycles. The topological polar surface area (TPSA) is 21.8 Å². The molecule has 0 aliphatic carbocycles. The first kappa shape index (κ1) is 13.4. The van der Waals surface area contributed by atoms with Crippen molar-refractivity contribution in [1.29, 1.82) is 0 Å². The van der Waals surface area contributed by atoms with Crippen molar-refractivity contribution in [3.05, 3.63) is 26.6 Å². The van der Waals surface area contributed by atoms with Crippen LogP contribution in [0.2, 0.25) is 0 Å². The lowest BCUT2D eigenvalue weighted by Crippen LogP contribution is -2.12. The summed E-state index contributed by atoms with van der Waals surface area (Å²) in [7, 11) is 0. The monoisotopic (exact) mass is 362 g/mol. The molecular weight excluding hydrogens is 348 g/mol. The molecule has 0 N–H and O–H groups in total. The Kier molecular flexibility index (Phi) is 3.86. The summed E-state index contributed by atoms with van der Waals surface area (Å²) in [5, 5.41) is 0. The molecule has 17 heavy (non-hydrogen) atoms. The molecule has 4 heteroatoms. The average molecular weight is 364 g/mol. The van der Waals surface area contributed by atoms with E-state index in [1.54, 1.807) is 0 Å². The molecule has 1 aromatic rings. The summed E-state index contributed by atoms with van der Waals surface area (Å²) in [6.45, 7) is 8.01. The SMILES string of the molecule is CC(C)(C)c1cc(Br)c(OCC2CO2)c(Br)c1. The highest BCUT2D eigenvalue weighted by molar-refractivity contribution is 9.11. The first-order valence-electron chi connectivity index (χ1n) is 5.62. The molecule has 1 fully saturated rings. The molecule has 1 unspecified atom stereocenters. The van der Waals surface area contributed by atoms with Gasteiger partial charge in [0.2, 0.25) is 0 Å². The fourth-order valence-corrected chi connectivity index (χ4v) is 2.89. The first-order chi connectivity index (χ1) is 7.88. The second-order valence-corrected chi connectivity index (χ2v) is 6.99. The van der Waals surface area contributed by atoms with Gasteiger partial charge in [-0.25, -0.2) is 0 Å². The summed E-state index contributed by atoms with van der Waals surface area (Å²) in [5.74, 6) is 0.855. The number of rotatable bonds is 3. The zero-order chi connectivity index (χ0) is 12.6. The normalized spacial score (nSPS) is 19.2. The molecule has 1 atom stereocenters. The third kappa shape index (κ3) is 3.46. The summed E-state index contributed by atoms with van der Waals surface area (Å²) < 4.78 is 12.8. The Balaban J connectivity index is 2.21. The summed E-state index contributed by atoms with van der Waals surface area (Å²) >= 11 is 7.13. The molecule has 0 saturated carbocycles. The van der Waals surface area contributed by atoms with Gasteiger partial charge in [0.15, 0.2) is 0 Å². The maximum absolute atomic E-state index is 5.74. The summed E-state index contributed by atoms with van der Waals surface area (Å²) in [6.07, 6.45) is 0.274. The largest absolute Gasteiger partial charge is 0.488 e. The van der Waals surface area contributed by atoms with Crippen LogP contribution in [-0.2, 0) is 10.2 Å². The quantitative estimate of drug-likeness (QED) is 0.747. The van der Waals surface area contributed by atoms with Gasteiger partial charge in [0.05, 0.1) is 15.6 Å². The van der Waals surface area contributed by atoms with Crippen molar-refractivity contribution in [2.24, 2.45) is 0 Å². The Morgan fingerprint density at radius 2 is 1.82 bits per heavy atom. The van der Waals surface area contributed by atoms with E-state index in [4.69, 9.17) is 9.47 Å². The fourth-order valence-electron chi connectivity index (χ4n) is 1.47. The smallest absolute Gasteiger partial charge is 0.147 e. The van der Waals surface area contributed by atoms with Crippen LogP contribution in [-0.4, -0.2) is 19.3 Å². The van der Waals surface area contributed by atoms with Gasteiger partial charge in [0.1, 0.15) is 18.5 Å². The first-order valence-corrected chi connectivity index (χ1v) is 7.20. The van der Waals surface area contributed by atoms with E-state index in [9.17, 15) is 0 Å². The van der Waals surface area contributed by atoms with E-state index in [0.717, 1.165) is 21.3 Å². The van der Waals surface area contributed by atoms with Gasteiger partial charge in [-0.15, -0.1) is 0 Å². The number of halogens is 2. The van der Waals surface area contributed by atoms with Gasteiger partial charge in [-0.1, -0.05) is 20.8 Å². The van der Waals surface area contributed by atoms with Gasteiger partial charge in [0, 0.05) is 0 Å². The third-order valence-electron chi connectivity index (χ3n) is 2.68. The van der Waals surface area contributed by atoms with Crippen LogP contribution in [0.15, 0.2) is 21.1 Å². The third-order valence-corrected chi connectivity index (χ3v) is 3.86. The summed E-state index contributed by atoms with van der Waals surface area (Å²) in [5.41, 5.74) is 1.40. The molecule has 2 rings (SSSR count). The summed E-state index contributed by atoms with van der Waals surface area (Å²) in [4.78, 5) is 0. The van der Waals surface area contributed by atoms with E-state index in [2.05, 4.69) is 64.8 Å². The van der Waals surface area contributed by atoms with Crippen LogP contribution in [0.5, 0.6) is 5.75 Å². The highest BCUT2D eigenvalue weighted by Crippen LogP contribution is 2.38. The van der Waals surface area contributed by atoms with Crippen LogP contribution in [0.3, 0.4) is 0 Å². The second kappa shape index (κ2) is 4.90. The predicted molar refractivity (Wildman–Crippen MR) is 75.8 cm³/mol. The van der Waals surface area contributed by atoms with Crippen LogP contribution in [0.4, 0.5) is 0 Å². The van der Waals surface area contributed by atoms with Crippen molar-refractivity contribution in [1.82, 2.24) is 0 Å². The summed E-state index contributed by atoms with van der Waals surface area (Å²) in [6, 6.07) is 4.24. The van der Waals surface area contributed by atoms with Crippen LogP contribution < -0.4 is 4.74 Å². The zero-order valence-corrected chi connectivity index (χ0v) is 13.4. The number of epoxide rings is 1. The number of ether oxygens (including phenoxy) is 2. The van der Waals surface area contributed by atoms with Crippen molar-refractivity contribution in [3.8, 4) is 5.75 Å². The van der Waals surface area contributed by atoms with Gasteiger partial charge in [-0.05, 0) is 55.0 Å². The highest BCUT2D eigenvalue weighted by Gasteiger charge is 2.24. The second-order valence-electron chi connectivity index (χ2n) is 5.29. The van der Waals surface area contributed by atoms with Crippen molar-refractivity contribution in [2.45, 2.75) is 32.3 Å². The molecule has 1 aliphatic rings. The molecule has 94 valence electrons. The standard InChI is InChI=1S/C13H16Br2O2/c1-13(2,3)8-4-10(14)12(11(15)5-8)17-7-9-6-16-9/h4-5,9H,6-7H2,1-3H3. The maximum Gasteiger partial charge on any atom is 0.147 e. The molecule has 1 aliphatic heterocycles. The average Bonchev–Trinajstić information content (AvgIpc) is 2.98. The Bertz CT molecular complexity index is 397. The molecule has 0 spiro atoms. The molecule has 1 saturated heterocycles. The fraction of sp³-hybridized carbons (Fsp3) is 0.538. The Morgan fingerprint density at radius 1 is 1.29 bits per heavy atom. The molecule has 1 aromatic carbocycles. The van der Waals surface area contributed by atoms with Crippen LogP contribution >= 0.6 is 31.9 Å². The minimum absolute atomic E-state index is 0.128. The number of benzene rings is 1. The minimum atomic E-state index is 0.128. The van der Waals surface area contributed by atoms with Gasteiger partial charge in [-0.2, -0.15) is 0 Å². The highest BCUT2D eigenvalue weighted by atomic mass is 79.9. The van der Waals surface area contributed by atoms with Crippen molar-refractivity contribution in [3.63, 3.8) is 0 Å². The number of hydrogen-bond donors (Lipinski definition) is 0. The Morgan fingerprint density at radius 3 is 2.24 bits per heavy atom. The van der Waals surface area contributed by atoms with Crippen LogP contribution in [0.1, 0.15) is 26.3 Å². The lowest BCUT2D eigenvalue weighted by molar-refractivity contribution is 0.260. The molecule has 0 radical (unpaired) electrons. The lowest BCUT2D eigenvalue weighted by Gasteiger charge is -2.21. The molecule has 2 nitrogen and oxygen atoms in total. The Labute approximate surface area is 119 Å². The maximum atomic E-state index is 5.74. The van der Waals surface area contributed by atoms with E-state index in [1.165, 1.54) is 5.56 Å². The lowest BCUT2D eigenvalue weighted by atomic mass is 9.87. The van der Waals surface area contributed by atoms with E-state index in [-0.39, 0.29) is 11.5 Å². The minimum Gasteiger partial charge on any atom is -0.488 e. The van der Waals surface area contributed by atoms with E-state index in [0.29, 0.717) is 6.61 Å². The van der Waals surface area contributed by atoms with E-state index < -0.39 is 0 Å². The zero-order valence-electron chi connectivity index (χ0n) is 10.2. The van der Waals surface area contributed by atoms with Crippen LogP contribution in [0, 0.1) is 0 Å². The molecule has 0 bridgehead atoms. The van der Waals surface area contributed by atoms with Gasteiger partial charge in [0.25, 0.3) is 0 Å². The predicted octanol–water partition coefficient (Wildman–Crippen LogP) is 4.29. The van der Waals surface area contributed by atoms with Gasteiger partial charge >= 0.3 is 0 Å². The van der Waals surface area contributed by atoms with Crippen molar-refractivity contribution >= 4 is 31.9 Å². The van der Waals surface area contributed by atoms with Gasteiger partial charge in [-0.3, -0.25) is 0 Å². The molecule has 1 heterocycles. The van der Waals surface area contributed by atoms with Crippen molar-refractivity contribution < 1.29 is 9.47 Å². The van der Waals surface area contributed by atoms with Crippen molar-refractivity contribution in [2.75, 3.05) is 13.2 Å². The molecule has 0 amide bonds.